The third-order valence-electron chi connectivity index (χ3n) is 3.37. The first-order chi connectivity index (χ1) is 8.59. The van der Waals surface area contributed by atoms with E-state index in [1.54, 1.807) is 18.3 Å². The zero-order valence-corrected chi connectivity index (χ0v) is 11.0. The van der Waals surface area contributed by atoms with Crippen molar-refractivity contribution in [2.75, 3.05) is 0 Å². The van der Waals surface area contributed by atoms with Crippen LogP contribution in [-0.2, 0) is 0 Å². The Kier molecular flexibility index (Phi) is 3.47. The summed E-state index contributed by atoms with van der Waals surface area (Å²) in [7, 11) is 0. The van der Waals surface area contributed by atoms with Crippen LogP contribution in [-0.4, -0.2) is 11.0 Å². The van der Waals surface area contributed by atoms with E-state index in [4.69, 9.17) is 0 Å². The van der Waals surface area contributed by atoms with E-state index >= 15 is 0 Å². The normalized spacial score (nSPS) is 11.6. The molecule has 0 saturated heterocycles. The molecule has 2 rings (SSSR count). The molecule has 2 heteroatoms. The Morgan fingerprint density at radius 3 is 2.22 bits per heavy atom. The van der Waals surface area contributed by atoms with Gasteiger partial charge in [0.25, 0.3) is 0 Å². The Morgan fingerprint density at radius 1 is 0.889 bits per heavy atom. The van der Waals surface area contributed by atoms with Gasteiger partial charge >= 0.3 is 0 Å². The van der Waals surface area contributed by atoms with Gasteiger partial charge in [-0.1, -0.05) is 24.3 Å². The fraction of sp³-hybridized carbons (Fsp3) is 0.188. The number of nitrogens with zero attached hydrogens (tertiary/aromatic N) is 1. The molecule has 0 aliphatic carbocycles. The molecule has 0 radical (unpaired) electrons. The summed E-state index contributed by atoms with van der Waals surface area (Å²) >= 11 is 0. The summed E-state index contributed by atoms with van der Waals surface area (Å²) < 4.78 is 0.914. The van der Waals surface area contributed by atoms with Crippen molar-refractivity contribution in [2.45, 2.75) is 20.8 Å². The molecule has 0 aromatic heterocycles. The van der Waals surface area contributed by atoms with E-state index in [-0.39, 0.29) is 0 Å². The first kappa shape index (κ1) is 12.4. The smallest absolute Gasteiger partial charge is 0.216 e. The van der Waals surface area contributed by atoms with Gasteiger partial charge in [-0.3, -0.25) is 0 Å². The number of rotatable bonds is 2. The van der Waals surface area contributed by atoms with Crippen LogP contribution >= 0.6 is 0 Å². The average Bonchev–Trinajstić information content (AvgIpc) is 2.40. The quantitative estimate of drug-likeness (QED) is 0.338. The molecule has 2 aromatic carbocycles. The average molecular weight is 239 g/mol. The van der Waals surface area contributed by atoms with Gasteiger partial charge in [0.05, 0.1) is 0 Å². The fourth-order valence-corrected chi connectivity index (χ4v) is 1.89. The van der Waals surface area contributed by atoms with Gasteiger partial charge in [0.15, 0.2) is 6.21 Å². The van der Waals surface area contributed by atoms with Crippen molar-refractivity contribution in [3.05, 3.63) is 69.9 Å². The monoisotopic (exact) mass is 239 g/mol. The largest absolute Gasteiger partial charge is 0.618 e. The minimum absolute atomic E-state index is 0.648. The number of para-hydroxylation sites is 1. The second-order valence-corrected chi connectivity index (χ2v) is 4.51. The summed E-state index contributed by atoms with van der Waals surface area (Å²) in [5.74, 6) is 0. The fourth-order valence-electron chi connectivity index (χ4n) is 1.89. The standard InChI is InChI=1S/C16H17NO/c1-12-9-10-15(14(3)13(12)2)11-17(18)16-7-5-4-6-8-16/h4-11H,1-3H3. The van der Waals surface area contributed by atoms with E-state index in [2.05, 4.69) is 13.8 Å². The first-order valence-corrected chi connectivity index (χ1v) is 6.02. The van der Waals surface area contributed by atoms with E-state index < -0.39 is 0 Å². The lowest BCUT2D eigenvalue weighted by molar-refractivity contribution is -0.354. The first-order valence-electron chi connectivity index (χ1n) is 6.02. The molecule has 0 bridgehead atoms. The Hall–Kier alpha value is -2.09. The third kappa shape index (κ3) is 2.43. The van der Waals surface area contributed by atoms with Crippen molar-refractivity contribution in [1.29, 1.82) is 0 Å². The van der Waals surface area contributed by atoms with Gasteiger partial charge in [0.1, 0.15) is 0 Å². The van der Waals surface area contributed by atoms with Crippen LogP contribution in [0.5, 0.6) is 0 Å². The lowest BCUT2D eigenvalue weighted by Gasteiger charge is -2.08. The predicted molar refractivity (Wildman–Crippen MR) is 75.5 cm³/mol. The topological polar surface area (TPSA) is 26.1 Å². The number of aryl methyl sites for hydroxylation is 1. The van der Waals surface area contributed by atoms with Crippen LogP contribution in [0.4, 0.5) is 5.69 Å². The molecule has 0 saturated carbocycles. The molecule has 2 nitrogen and oxygen atoms in total. The Morgan fingerprint density at radius 2 is 1.56 bits per heavy atom. The van der Waals surface area contributed by atoms with Crippen molar-refractivity contribution in [3.63, 3.8) is 0 Å². The third-order valence-corrected chi connectivity index (χ3v) is 3.37. The maximum absolute atomic E-state index is 12.0. The molecule has 0 fully saturated rings. The Labute approximate surface area is 108 Å². The lowest BCUT2D eigenvalue weighted by Crippen LogP contribution is -2.02. The highest BCUT2D eigenvalue weighted by molar-refractivity contribution is 5.79. The minimum Gasteiger partial charge on any atom is -0.618 e. The van der Waals surface area contributed by atoms with Crippen molar-refractivity contribution in [3.8, 4) is 0 Å². The van der Waals surface area contributed by atoms with Crippen molar-refractivity contribution in [2.24, 2.45) is 0 Å². The van der Waals surface area contributed by atoms with E-state index in [1.165, 1.54) is 11.1 Å². The Balaban J connectivity index is 2.43. The molecular weight excluding hydrogens is 222 g/mol. The number of benzene rings is 2. The van der Waals surface area contributed by atoms with Gasteiger partial charge in [0.2, 0.25) is 5.69 Å². The van der Waals surface area contributed by atoms with Crippen molar-refractivity contribution in [1.82, 2.24) is 0 Å². The molecule has 2 aromatic rings. The van der Waals surface area contributed by atoms with E-state index in [0.29, 0.717) is 5.69 Å². The highest BCUT2D eigenvalue weighted by atomic mass is 16.5. The molecule has 0 atom stereocenters. The molecule has 0 aliphatic heterocycles. The van der Waals surface area contributed by atoms with E-state index in [1.807, 2.05) is 37.3 Å². The summed E-state index contributed by atoms with van der Waals surface area (Å²) in [6.07, 6.45) is 1.64. The van der Waals surface area contributed by atoms with Gasteiger partial charge in [-0.15, -0.1) is 0 Å². The molecule has 0 spiro atoms. The molecule has 0 N–H and O–H groups in total. The van der Waals surface area contributed by atoms with Gasteiger partial charge in [-0.05, 0) is 43.5 Å². The lowest BCUT2D eigenvalue weighted by atomic mass is 9.99. The second-order valence-electron chi connectivity index (χ2n) is 4.51. The molecule has 92 valence electrons. The summed E-state index contributed by atoms with van der Waals surface area (Å²) in [4.78, 5) is 0. The van der Waals surface area contributed by atoms with Gasteiger partial charge in [-0.2, -0.15) is 4.74 Å². The summed E-state index contributed by atoms with van der Waals surface area (Å²) in [6, 6.07) is 13.3. The maximum atomic E-state index is 12.0. The maximum Gasteiger partial charge on any atom is 0.216 e. The van der Waals surface area contributed by atoms with Gasteiger partial charge in [-0.25, -0.2) is 0 Å². The van der Waals surface area contributed by atoms with Crippen LogP contribution in [0, 0.1) is 26.0 Å². The molecule has 0 amide bonds. The second kappa shape index (κ2) is 5.05. The highest BCUT2D eigenvalue weighted by Gasteiger charge is 2.06. The molecular formula is C16H17NO. The van der Waals surface area contributed by atoms with Crippen LogP contribution in [0.25, 0.3) is 0 Å². The van der Waals surface area contributed by atoms with Crippen LogP contribution in [0.1, 0.15) is 22.3 Å². The van der Waals surface area contributed by atoms with Crippen LogP contribution in [0.2, 0.25) is 0 Å². The highest BCUT2D eigenvalue weighted by Crippen LogP contribution is 2.16. The zero-order chi connectivity index (χ0) is 13.1. The number of hydrogen-bond donors (Lipinski definition) is 0. The molecule has 0 unspecified atom stereocenters. The summed E-state index contributed by atoms with van der Waals surface area (Å²) in [5.41, 5.74) is 5.27. The summed E-state index contributed by atoms with van der Waals surface area (Å²) in [6.45, 7) is 6.21. The predicted octanol–water partition coefficient (Wildman–Crippen LogP) is 3.87. The molecule has 0 aliphatic rings. The van der Waals surface area contributed by atoms with Crippen LogP contribution in [0.15, 0.2) is 42.5 Å². The van der Waals surface area contributed by atoms with E-state index in [9.17, 15) is 5.21 Å². The SMILES string of the molecule is Cc1ccc(C=[N+]([O-])c2ccccc2)c(C)c1C. The van der Waals surface area contributed by atoms with Crippen LogP contribution < -0.4 is 0 Å². The molecule has 0 heterocycles. The van der Waals surface area contributed by atoms with Gasteiger partial charge in [0, 0.05) is 17.7 Å². The Bertz CT molecular complexity index is 586. The van der Waals surface area contributed by atoms with Gasteiger partial charge < -0.3 is 5.21 Å². The summed E-state index contributed by atoms with van der Waals surface area (Å²) in [5, 5.41) is 12.0. The minimum atomic E-state index is 0.648. The molecule has 18 heavy (non-hydrogen) atoms. The van der Waals surface area contributed by atoms with Crippen molar-refractivity contribution < 1.29 is 4.74 Å². The zero-order valence-electron chi connectivity index (χ0n) is 11.0. The van der Waals surface area contributed by atoms with Crippen molar-refractivity contribution >= 4 is 11.9 Å². The van der Waals surface area contributed by atoms with E-state index in [0.717, 1.165) is 15.9 Å². The van der Waals surface area contributed by atoms with Crippen LogP contribution in [0.3, 0.4) is 0 Å². The number of hydrogen-bond acceptors (Lipinski definition) is 1.